The van der Waals surface area contributed by atoms with Gasteiger partial charge >= 0.3 is 0 Å². The molecule has 0 saturated carbocycles. The number of thiophene rings is 1. The van der Waals surface area contributed by atoms with E-state index < -0.39 is 0 Å². The molecular formula is C8H9NOS. The van der Waals surface area contributed by atoms with Gasteiger partial charge in [0.2, 0.25) is 0 Å². The van der Waals surface area contributed by atoms with Crippen LogP contribution < -0.4 is 5.32 Å². The fourth-order valence-corrected chi connectivity index (χ4v) is 2.16. The van der Waals surface area contributed by atoms with E-state index >= 15 is 0 Å². The molecule has 0 aromatic carbocycles. The van der Waals surface area contributed by atoms with Crippen LogP contribution in [0.5, 0.6) is 0 Å². The van der Waals surface area contributed by atoms with Gasteiger partial charge in [-0.15, -0.1) is 0 Å². The lowest BCUT2D eigenvalue weighted by molar-refractivity contribution is 0.0956. The molecule has 0 unspecified atom stereocenters. The molecule has 3 heteroatoms. The van der Waals surface area contributed by atoms with Crippen LogP contribution in [0.25, 0.3) is 0 Å². The highest BCUT2D eigenvalue weighted by Crippen LogP contribution is 2.18. The van der Waals surface area contributed by atoms with Crippen molar-refractivity contribution in [3.05, 3.63) is 21.9 Å². The zero-order valence-corrected chi connectivity index (χ0v) is 6.91. The second-order valence-electron chi connectivity index (χ2n) is 2.67. The zero-order chi connectivity index (χ0) is 7.68. The topological polar surface area (TPSA) is 29.1 Å². The maximum atomic E-state index is 11.3. The van der Waals surface area contributed by atoms with Gasteiger partial charge < -0.3 is 5.32 Å². The highest BCUT2D eigenvalue weighted by atomic mass is 32.1. The van der Waals surface area contributed by atoms with E-state index in [1.807, 2.05) is 5.38 Å². The molecule has 1 N–H and O–H groups in total. The standard InChI is InChI=1S/C8H9NOS/c10-8-7-5-11-4-6(7)2-1-3-9-8/h4-5H,1-3H2,(H,9,10). The number of carbonyl (C=O) groups excluding carboxylic acids is 1. The van der Waals surface area contributed by atoms with E-state index in [1.54, 1.807) is 11.3 Å². The van der Waals surface area contributed by atoms with Crippen LogP contribution in [0.4, 0.5) is 0 Å². The first-order valence-corrected chi connectivity index (χ1v) is 4.65. The van der Waals surface area contributed by atoms with Crippen LogP contribution >= 0.6 is 11.3 Å². The Kier molecular flexibility index (Phi) is 1.66. The van der Waals surface area contributed by atoms with Gasteiger partial charge in [0, 0.05) is 11.9 Å². The monoisotopic (exact) mass is 167 g/mol. The van der Waals surface area contributed by atoms with Crippen molar-refractivity contribution in [2.75, 3.05) is 6.54 Å². The Morgan fingerprint density at radius 2 is 2.36 bits per heavy atom. The summed E-state index contributed by atoms with van der Waals surface area (Å²) < 4.78 is 0. The van der Waals surface area contributed by atoms with Crippen LogP contribution in [0.1, 0.15) is 22.3 Å². The van der Waals surface area contributed by atoms with Crippen molar-refractivity contribution < 1.29 is 4.79 Å². The first kappa shape index (κ1) is 6.85. The molecule has 0 fully saturated rings. The Morgan fingerprint density at radius 3 is 3.27 bits per heavy atom. The average molecular weight is 167 g/mol. The van der Waals surface area contributed by atoms with Gasteiger partial charge in [0.05, 0.1) is 5.56 Å². The number of hydrogen-bond acceptors (Lipinski definition) is 2. The smallest absolute Gasteiger partial charge is 0.252 e. The van der Waals surface area contributed by atoms with Crippen LogP contribution in [0.15, 0.2) is 10.8 Å². The van der Waals surface area contributed by atoms with Crippen LogP contribution in [0, 0.1) is 0 Å². The quantitative estimate of drug-likeness (QED) is 0.622. The molecule has 0 radical (unpaired) electrons. The molecule has 2 rings (SSSR count). The fourth-order valence-electron chi connectivity index (χ4n) is 1.29. The normalized spacial score (nSPS) is 16.9. The van der Waals surface area contributed by atoms with Crippen molar-refractivity contribution in [2.24, 2.45) is 0 Å². The van der Waals surface area contributed by atoms with E-state index in [9.17, 15) is 4.79 Å². The number of carbonyl (C=O) groups is 1. The van der Waals surface area contributed by atoms with Gasteiger partial charge in [-0.05, 0) is 23.8 Å². The number of hydrogen-bond donors (Lipinski definition) is 1. The van der Waals surface area contributed by atoms with Crippen molar-refractivity contribution in [1.29, 1.82) is 0 Å². The number of aryl methyl sites for hydroxylation is 1. The Labute approximate surface area is 69.2 Å². The third kappa shape index (κ3) is 1.16. The molecule has 2 nitrogen and oxygen atoms in total. The molecule has 1 aliphatic heterocycles. The Morgan fingerprint density at radius 1 is 1.45 bits per heavy atom. The van der Waals surface area contributed by atoms with Crippen LogP contribution in [0.3, 0.4) is 0 Å². The molecule has 0 saturated heterocycles. The van der Waals surface area contributed by atoms with E-state index in [0.29, 0.717) is 0 Å². The molecule has 58 valence electrons. The maximum Gasteiger partial charge on any atom is 0.252 e. The SMILES string of the molecule is O=C1NCCCc2cscc21. The Hall–Kier alpha value is -0.830. The molecule has 2 heterocycles. The van der Waals surface area contributed by atoms with E-state index in [-0.39, 0.29) is 5.91 Å². The van der Waals surface area contributed by atoms with Crippen LogP contribution in [0.2, 0.25) is 0 Å². The van der Waals surface area contributed by atoms with E-state index in [2.05, 4.69) is 10.7 Å². The highest BCUT2D eigenvalue weighted by Gasteiger charge is 2.14. The summed E-state index contributed by atoms with van der Waals surface area (Å²) in [5.74, 6) is 0.0961. The van der Waals surface area contributed by atoms with Crippen LogP contribution in [-0.4, -0.2) is 12.5 Å². The summed E-state index contributed by atoms with van der Waals surface area (Å²) in [6.07, 6.45) is 2.10. The van der Waals surface area contributed by atoms with Crippen LogP contribution in [-0.2, 0) is 6.42 Å². The number of rotatable bonds is 0. The lowest BCUT2D eigenvalue weighted by Gasteiger charge is -1.95. The molecule has 1 amide bonds. The number of nitrogens with one attached hydrogen (secondary N) is 1. The molecule has 1 aromatic rings. The number of amides is 1. The van der Waals surface area contributed by atoms with Crippen molar-refractivity contribution in [3.8, 4) is 0 Å². The summed E-state index contributed by atoms with van der Waals surface area (Å²) in [4.78, 5) is 11.3. The van der Waals surface area contributed by atoms with E-state index in [0.717, 1.165) is 24.9 Å². The minimum absolute atomic E-state index is 0.0961. The fraction of sp³-hybridized carbons (Fsp3) is 0.375. The largest absolute Gasteiger partial charge is 0.352 e. The zero-order valence-electron chi connectivity index (χ0n) is 6.09. The van der Waals surface area contributed by atoms with Gasteiger partial charge in [-0.3, -0.25) is 4.79 Å². The first-order chi connectivity index (χ1) is 5.38. The summed E-state index contributed by atoms with van der Waals surface area (Å²) in [7, 11) is 0. The summed E-state index contributed by atoms with van der Waals surface area (Å²) in [6, 6.07) is 0. The lowest BCUT2D eigenvalue weighted by atomic mass is 10.1. The third-order valence-corrected chi connectivity index (χ3v) is 2.69. The van der Waals surface area contributed by atoms with Gasteiger partial charge in [0.1, 0.15) is 0 Å². The van der Waals surface area contributed by atoms with Gasteiger partial charge in [-0.1, -0.05) is 0 Å². The minimum atomic E-state index is 0.0961. The first-order valence-electron chi connectivity index (χ1n) is 3.71. The number of fused-ring (bicyclic) bond motifs is 1. The van der Waals surface area contributed by atoms with E-state index in [1.165, 1.54) is 5.56 Å². The average Bonchev–Trinajstić information content (AvgIpc) is 2.40. The summed E-state index contributed by atoms with van der Waals surface area (Å²) in [5, 5.41) is 6.85. The second-order valence-corrected chi connectivity index (χ2v) is 3.41. The highest BCUT2D eigenvalue weighted by molar-refractivity contribution is 7.08. The van der Waals surface area contributed by atoms with E-state index in [4.69, 9.17) is 0 Å². The predicted octanol–water partition coefficient (Wildman–Crippen LogP) is 1.42. The molecule has 1 aliphatic rings. The van der Waals surface area contributed by atoms with Gasteiger partial charge in [-0.2, -0.15) is 11.3 Å². The maximum absolute atomic E-state index is 11.3. The summed E-state index contributed by atoms with van der Waals surface area (Å²) >= 11 is 1.61. The van der Waals surface area contributed by atoms with Gasteiger partial charge in [0.25, 0.3) is 5.91 Å². The molecule has 0 atom stereocenters. The minimum Gasteiger partial charge on any atom is -0.352 e. The van der Waals surface area contributed by atoms with Crippen molar-refractivity contribution in [3.63, 3.8) is 0 Å². The lowest BCUT2D eigenvalue weighted by Crippen LogP contribution is -2.22. The molecular weight excluding hydrogens is 158 g/mol. The molecule has 1 aromatic heterocycles. The molecule has 0 spiro atoms. The van der Waals surface area contributed by atoms with Crippen molar-refractivity contribution in [2.45, 2.75) is 12.8 Å². The van der Waals surface area contributed by atoms with Crippen molar-refractivity contribution in [1.82, 2.24) is 5.32 Å². The third-order valence-electron chi connectivity index (χ3n) is 1.90. The summed E-state index contributed by atoms with van der Waals surface area (Å²) in [6.45, 7) is 0.818. The Balaban J connectivity index is 2.41. The molecule has 0 bridgehead atoms. The van der Waals surface area contributed by atoms with Crippen molar-refractivity contribution >= 4 is 17.2 Å². The predicted molar refractivity (Wildman–Crippen MR) is 45.0 cm³/mol. The second kappa shape index (κ2) is 2.66. The summed E-state index contributed by atoms with van der Waals surface area (Å²) in [5.41, 5.74) is 2.09. The molecule has 11 heavy (non-hydrogen) atoms. The Bertz CT molecular complexity index is 279. The van der Waals surface area contributed by atoms with Gasteiger partial charge in [-0.25, -0.2) is 0 Å². The van der Waals surface area contributed by atoms with Gasteiger partial charge in [0.15, 0.2) is 0 Å². The molecule has 0 aliphatic carbocycles.